The Morgan fingerprint density at radius 1 is 1.20 bits per heavy atom. The van der Waals surface area contributed by atoms with E-state index in [9.17, 15) is 0 Å². The number of nitrogens with two attached hydrogens (primary N) is 1. The highest BCUT2D eigenvalue weighted by atomic mass is 15.2. The van der Waals surface area contributed by atoms with Crippen LogP contribution >= 0.6 is 0 Å². The molecule has 0 aliphatic heterocycles. The van der Waals surface area contributed by atoms with Gasteiger partial charge in [-0.05, 0) is 44.2 Å². The van der Waals surface area contributed by atoms with Crippen molar-refractivity contribution in [1.82, 2.24) is 15.0 Å². The van der Waals surface area contributed by atoms with Crippen LogP contribution in [-0.2, 0) is 6.42 Å². The number of benzene rings is 1. The quantitative estimate of drug-likeness (QED) is 0.876. The number of rotatable bonds is 2. The van der Waals surface area contributed by atoms with Gasteiger partial charge in [-0.2, -0.15) is 15.0 Å². The van der Waals surface area contributed by atoms with Crippen molar-refractivity contribution in [2.75, 3.05) is 11.1 Å². The van der Waals surface area contributed by atoms with Crippen molar-refractivity contribution < 1.29 is 0 Å². The van der Waals surface area contributed by atoms with Crippen LogP contribution in [0.2, 0.25) is 0 Å². The Morgan fingerprint density at radius 3 is 2.85 bits per heavy atom. The normalized spacial score (nSPS) is 17.6. The zero-order chi connectivity index (χ0) is 14.1. The molecule has 1 aliphatic rings. The lowest BCUT2D eigenvalue weighted by atomic mass is 9.87. The third-order valence-corrected chi connectivity index (χ3v) is 3.68. The summed E-state index contributed by atoms with van der Waals surface area (Å²) in [4.78, 5) is 12.5. The first-order chi connectivity index (χ1) is 9.61. The molecule has 0 fully saturated rings. The van der Waals surface area contributed by atoms with E-state index in [1.54, 1.807) is 0 Å². The summed E-state index contributed by atoms with van der Waals surface area (Å²) < 4.78 is 0. The SMILES string of the molecule is Cc1ccc2c(c1)[C@H](Nc1nc(C)nc(N)n1)CCC2. The molecule has 1 aromatic carbocycles. The average molecular weight is 269 g/mol. The second-order valence-electron chi connectivity index (χ2n) is 5.36. The van der Waals surface area contributed by atoms with Gasteiger partial charge in [0.1, 0.15) is 5.82 Å². The Kier molecular flexibility index (Phi) is 3.26. The number of anilines is 2. The Bertz CT molecular complexity index is 618. The average Bonchev–Trinajstić information content (AvgIpc) is 2.38. The topological polar surface area (TPSA) is 76.7 Å². The smallest absolute Gasteiger partial charge is 0.228 e. The van der Waals surface area contributed by atoms with E-state index in [0.717, 1.165) is 12.8 Å². The van der Waals surface area contributed by atoms with E-state index >= 15 is 0 Å². The lowest BCUT2D eigenvalue weighted by Gasteiger charge is -2.26. The van der Waals surface area contributed by atoms with Gasteiger partial charge in [0.25, 0.3) is 0 Å². The molecule has 1 aromatic heterocycles. The fourth-order valence-electron chi connectivity index (χ4n) is 2.79. The summed E-state index contributed by atoms with van der Waals surface area (Å²) in [6, 6.07) is 6.90. The van der Waals surface area contributed by atoms with Gasteiger partial charge >= 0.3 is 0 Å². The molecule has 2 aromatic rings. The highest BCUT2D eigenvalue weighted by Crippen LogP contribution is 2.32. The Balaban J connectivity index is 1.91. The number of nitrogen functional groups attached to an aromatic ring is 1. The summed E-state index contributed by atoms with van der Waals surface area (Å²) in [6.45, 7) is 3.94. The summed E-state index contributed by atoms with van der Waals surface area (Å²) in [7, 11) is 0. The zero-order valence-electron chi connectivity index (χ0n) is 11.8. The van der Waals surface area contributed by atoms with Crippen LogP contribution in [-0.4, -0.2) is 15.0 Å². The van der Waals surface area contributed by atoms with E-state index < -0.39 is 0 Å². The monoisotopic (exact) mass is 269 g/mol. The van der Waals surface area contributed by atoms with Crippen LogP contribution < -0.4 is 11.1 Å². The first-order valence-electron chi connectivity index (χ1n) is 6.96. The van der Waals surface area contributed by atoms with Gasteiger partial charge in [-0.3, -0.25) is 0 Å². The molecule has 0 saturated heterocycles. The number of aryl methyl sites for hydroxylation is 3. The van der Waals surface area contributed by atoms with E-state index in [2.05, 4.69) is 45.4 Å². The molecule has 104 valence electrons. The molecule has 5 heteroatoms. The van der Waals surface area contributed by atoms with Crippen LogP contribution in [0.5, 0.6) is 0 Å². The zero-order valence-corrected chi connectivity index (χ0v) is 11.8. The molecule has 0 saturated carbocycles. The van der Waals surface area contributed by atoms with Crippen molar-refractivity contribution in [1.29, 1.82) is 0 Å². The Hall–Kier alpha value is -2.17. The van der Waals surface area contributed by atoms with Crippen LogP contribution in [0.3, 0.4) is 0 Å². The number of nitrogens with one attached hydrogen (secondary N) is 1. The van der Waals surface area contributed by atoms with Gasteiger partial charge in [0.15, 0.2) is 0 Å². The molecule has 0 spiro atoms. The predicted molar refractivity (Wildman–Crippen MR) is 79.5 cm³/mol. The van der Waals surface area contributed by atoms with Crippen molar-refractivity contribution in [3.8, 4) is 0 Å². The third kappa shape index (κ3) is 2.57. The van der Waals surface area contributed by atoms with Gasteiger partial charge in [-0.1, -0.05) is 23.8 Å². The summed E-state index contributed by atoms with van der Waals surface area (Å²) in [6.07, 6.45) is 3.40. The lowest BCUT2D eigenvalue weighted by molar-refractivity contribution is 0.595. The molecule has 0 radical (unpaired) electrons. The van der Waals surface area contributed by atoms with E-state index in [1.807, 2.05) is 6.92 Å². The molecule has 3 rings (SSSR count). The van der Waals surface area contributed by atoms with Gasteiger partial charge in [0.2, 0.25) is 11.9 Å². The van der Waals surface area contributed by atoms with Gasteiger partial charge in [-0.25, -0.2) is 0 Å². The molecule has 1 heterocycles. The number of nitrogens with zero attached hydrogens (tertiary/aromatic N) is 3. The molecule has 0 amide bonds. The minimum Gasteiger partial charge on any atom is -0.368 e. The maximum absolute atomic E-state index is 5.68. The number of hydrogen-bond donors (Lipinski definition) is 2. The fourth-order valence-corrected chi connectivity index (χ4v) is 2.79. The molecule has 1 aliphatic carbocycles. The minimum absolute atomic E-state index is 0.250. The summed E-state index contributed by atoms with van der Waals surface area (Å²) in [5.74, 6) is 1.47. The third-order valence-electron chi connectivity index (χ3n) is 3.68. The highest BCUT2D eigenvalue weighted by molar-refractivity contribution is 5.41. The molecule has 20 heavy (non-hydrogen) atoms. The van der Waals surface area contributed by atoms with Crippen LogP contribution in [0, 0.1) is 13.8 Å². The standard InChI is InChI=1S/C15H19N5/c1-9-6-7-11-4-3-5-13(12(11)8-9)19-15-18-10(2)17-14(16)20-15/h6-8,13H,3-5H2,1-2H3,(H3,16,17,18,19,20)/t13-/m1/s1. The summed E-state index contributed by atoms with van der Waals surface area (Å²) >= 11 is 0. The number of hydrogen-bond acceptors (Lipinski definition) is 5. The summed E-state index contributed by atoms with van der Waals surface area (Å²) in [5, 5.41) is 3.40. The first kappa shape index (κ1) is 12.8. The number of fused-ring (bicyclic) bond motifs is 1. The molecule has 5 nitrogen and oxygen atoms in total. The molecular formula is C15H19N5. The maximum atomic E-state index is 5.68. The molecule has 0 unspecified atom stereocenters. The highest BCUT2D eigenvalue weighted by Gasteiger charge is 2.21. The van der Waals surface area contributed by atoms with Crippen molar-refractivity contribution in [2.45, 2.75) is 39.2 Å². The maximum Gasteiger partial charge on any atom is 0.228 e. The van der Waals surface area contributed by atoms with Crippen LogP contribution in [0.25, 0.3) is 0 Å². The van der Waals surface area contributed by atoms with E-state index in [0.29, 0.717) is 11.8 Å². The van der Waals surface area contributed by atoms with E-state index in [1.165, 1.54) is 23.1 Å². The Morgan fingerprint density at radius 2 is 2.05 bits per heavy atom. The molecule has 3 N–H and O–H groups in total. The lowest BCUT2D eigenvalue weighted by Crippen LogP contribution is -2.19. The number of aromatic nitrogens is 3. The van der Waals surface area contributed by atoms with Crippen molar-refractivity contribution in [3.63, 3.8) is 0 Å². The van der Waals surface area contributed by atoms with Crippen molar-refractivity contribution in [2.24, 2.45) is 0 Å². The second-order valence-corrected chi connectivity index (χ2v) is 5.36. The molecular weight excluding hydrogens is 250 g/mol. The van der Waals surface area contributed by atoms with Gasteiger partial charge in [0.05, 0.1) is 6.04 Å². The summed E-state index contributed by atoms with van der Waals surface area (Å²) in [5.41, 5.74) is 9.73. The molecule has 0 bridgehead atoms. The second kappa shape index (κ2) is 5.07. The van der Waals surface area contributed by atoms with Crippen LogP contribution in [0.15, 0.2) is 18.2 Å². The van der Waals surface area contributed by atoms with Crippen LogP contribution in [0.1, 0.15) is 41.4 Å². The fraction of sp³-hybridized carbons (Fsp3) is 0.400. The largest absolute Gasteiger partial charge is 0.368 e. The van der Waals surface area contributed by atoms with Gasteiger partial charge in [0, 0.05) is 0 Å². The first-order valence-corrected chi connectivity index (χ1v) is 6.96. The minimum atomic E-state index is 0.250. The molecule has 1 atom stereocenters. The van der Waals surface area contributed by atoms with E-state index in [-0.39, 0.29) is 12.0 Å². The van der Waals surface area contributed by atoms with Crippen molar-refractivity contribution in [3.05, 3.63) is 40.7 Å². The Labute approximate surface area is 118 Å². The van der Waals surface area contributed by atoms with Gasteiger partial charge in [-0.15, -0.1) is 0 Å². The van der Waals surface area contributed by atoms with Crippen LogP contribution in [0.4, 0.5) is 11.9 Å². The predicted octanol–water partition coefficient (Wildman–Crippen LogP) is 2.56. The van der Waals surface area contributed by atoms with Gasteiger partial charge < -0.3 is 11.1 Å². The van der Waals surface area contributed by atoms with Crippen molar-refractivity contribution >= 4 is 11.9 Å². The van der Waals surface area contributed by atoms with E-state index in [4.69, 9.17) is 5.73 Å².